The lowest BCUT2D eigenvalue weighted by Crippen LogP contribution is -2.36. The Bertz CT molecular complexity index is 962. The van der Waals surface area contributed by atoms with Gasteiger partial charge in [0.15, 0.2) is 11.5 Å². The number of carbonyl (C=O) groups is 2. The van der Waals surface area contributed by atoms with Crippen LogP contribution in [0.1, 0.15) is 38.0 Å². The maximum atomic E-state index is 11.3. The van der Waals surface area contributed by atoms with Crippen molar-refractivity contribution in [1.29, 1.82) is 0 Å². The highest BCUT2D eigenvalue weighted by atomic mass is 35.5. The van der Waals surface area contributed by atoms with Gasteiger partial charge in [0.25, 0.3) is 0 Å². The maximum Gasteiger partial charge on any atom is 0.302 e. The molecule has 0 bridgehead atoms. The number of aldehydes is 1. The number of anilines is 1. The number of para-hydroxylation sites is 1. The molecule has 0 fully saturated rings. The van der Waals surface area contributed by atoms with Gasteiger partial charge in [-0.05, 0) is 24.3 Å². The fourth-order valence-corrected chi connectivity index (χ4v) is 3.93. The first-order valence-corrected chi connectivity index (χ1v) is 10.9. The molecule has 2 aromatic carbocycles. The van der Waals surface area contributed by atoms with E-state index in [1.54, 1.807) is 26.4 Å². The molecule has 0 aliphatic carbocycles. The smallest absolute Gasteiger partial charge is 0.302 e. The molecule has 0 aliphatic heterocycles. The summed E-state index contributed by atoms with van der Waals surface area (Å²) < 4.78 is 22.3. The van der Waals surface area contributed by atoms with Crippen molar-refractivity contribution >= 4 is 29.5 Å². The molecule has 0 radical (unpaired) electrons. The van der Waals surface area contributed by atoms with Crippen LogP contribution in [-0.4, -0.2) is 53.3 Å². The standard InChI is InChI=1S/C25H32ClNO6/c1-17(29)33-16-25(2,3)15-27(4)21-11-10-18(26)14-20(21)23(32-13-12-28)19-8-7-9-22(30-5)24(19)31-6/h7-12,14,23H,13,15-16H2,1-6H3. The predicted octanol–water partition coefficient (Wildman–Crippen LogP) is 4.69. The zero-order chi connectivity index (χ0) is 24.6. The molecule has 33 heavy (non-hydrogen) atoms. The van der Waals surface area contributed by atoms with Gasteiger partial charge in [0.1, 0.15) is 19.0 Å². The van der Waals surface area contributed by atoms with Crippen molar-refractivity contribution < 1.29 is 28.5 Å². The van der Waals surface area contributed by atoms with E-state index in [1.165, 1.54) is 6.92 Å². The summed E-state index contributed by atoms with van der Waals surface area (Å²) in [5, 5.41) is 0.530. The summed E-state index contributed by atoms with van der Waals surface area (Å²) >= 11 is 6.38. The Hall–Kier alpha value is -2.77. The minimum Gasteiger partial charge on any atom is -0.493 e. The van der Waals surface area contributed by atoms with Gasteiger partial charge < -0.3 is 28.6 Å². The van der Waals surface area contributed by atoms with Crippen LogP contribution < -0.4 is 14.4 Å². The molecule has 7 nitrogen and oxygen atoms in total. The lowest BCUT2D eigenvalue weighted by atomic mass is 9.92. The zero-order valence-electron chi connectivity index (χ0n) is 20.0. The molecule has 1 atom stereocenters. The molecule has 0 heterocycles. The quantitative estimate of drug-likeness (QED) is 0.324. The van der Waals surface area contributed by atoms with Gasteiger partial charge in [0, 0.05) is 47.8 Å². The largest absolute Gasteiger partial charge is 0.493 e. The molecule has 0 amide bonds. The number of halogens is 1. The highest BCUT2D eigenvalue weighted by molar-refractivity contribution is 6.30. The Labute approximate surface area is 200 Å². The average Bonchev–Trinajstić information content (AvgIpc) is 2.77. The highest BCUT2D eigenvalue weighted by Gasteiger charge is 2.28. The van der Waals surface area contributed by atoms with Crippen molar-refractivity contribution in [3.05, 3.63) is 52.5 Å². The van der Waals surface area contributed by atoms with Gasteiger partial charge in [-0.1, -0.05) is 37.6 Å². The SMILES string of the molecule is COc1cccc(C(OCC=O)c2cc(Cl)ccc2N(C)CC(C)(C)COC(C)=O)c1OC. The number of ether oxygens (including phenoxy) is 4. The monoisotopic (exact) mass is 477 g/mol. The molecule has 0 N–H and O–H groups in total. The molecule has 2 rings (SSSR count). The topological polar surface area (TPSA) is 74.3 Å². The molecule has 0 spiro atoms. The second-order valence-electron chi connectivity index (χ2n) is 8.47. The highest BCUT2D eigenvalue weighted by Crippen LogP contribution is 2.42. The van der Waals surface area contributed by atoms with Crippen LogP contribution in [0.2, 0.25) is 5.02 Å². The number of rotatable bonds is 12. The molecular weight excluding hydrogens is 446 g/mol. The normalized spacial score (nSPS) is 12.1. The van der Waals surface area contributed by atoms with Gasteiger partial charge in [0.05, 0.1) is 20.8 Å². The van der Waals surface area contributed by atoms with Gasteiger partial charge in [-0.25, -0.2) is 0 Å². The van der Waals surface area contributed by atoms with Crippen LogP contribution in [0.4, 0.5) is 5.69 Å². The van der Waals surface area contributed by atoms with E-state index in [1.807, 2.05) is 45.2 Å². The number of hydrogen-bond acceptors (Lipinski definition) is 7. The first kappa shape index (κ1) is 26.5. The van der Waals surface area contributed by atoms with Crippen molar-refractivity contribution in [1.82, 2.24) is 0 Å². The van der Waals surface area contributed by atoms with E-state index in [-0.39, 0.29) is 24.6 Å². The lowest BCUT2D eigenvalue weighted by molar-refractivity contribution is -0.143. The predicted molar refractivity (Wildman–Crippen MR) is 129 cm³/mol. The van der Waals surface area contributed by atoms with Crippen molar-refractivity contribution in [3.63, 3.8) is 0 Å². The van der Waals surface area contributed by atoms with Gasteiger partial charge in [-0.3, -0.25) is 4.79 Å². The number of esters is 1. The summed E-state index contributed by atoms with van der Waals surface area (Å²) in [5.74, 6) is 0.749. The van der Waals surface area contributed by atoms with Crippen LogP contribution >= 0.6 is 11.6 Å². The second kappa shape index (κ2) is 11.9. The molecule has 180 valence electrons. The molecule has 1 unspecified atom stereocenters. The first-order valence-electron chi connectivity index (χ1n) is 10.5. The summed E-state index contributed by atoms with van der Waals surface area (Å²) in [5.41, 5.74) is 2.01. The van der Waals surface area contributed by atoms with Gasteiger partial charge in [-0.15, -0.1) is 0 Å². The van der Waals surface area contributed by atoms with Crippen molar-refractivity contribution in [2.75, 3.05) is 45.9 Å². The lowest BCUT2D eigenvalue weighted by Gasteiger charge is -2.33. The van der Waals surface area contributed by atoms with Crippen LogP contribution in [0, 0.1) is 5.41 Å². The second-order valence-corrected chi connectivity index (χ2v) is 8.90. The Morgan fingerprint density at radius 3 is 2.48 bits per heavy atom. The summed E-state index contributed by atoms with van der Waals surface area (Å²) in [6.45, 7) is 6.20. The molecule has 0 aromatic heterocycles. The van der Waals surface area contributed by atoms with Gasteiger partial charge >= 0.3 is 5.97 Å². The average molecular weight is 478 g/mol. The van der Waals surface area contributed by atoms with Crippen molar-refractivity contribution in [2.45, 2.75) is 26.9 Å². The molecule has 0 saturated heterocycles. The Balaban J connectivity index is 2.54. The van der Waals surface area contributed by atoms with Crippen LogP contribution in [0.3, 0.4) is 0 Å². The summed E-state index contributed by atoms with van der Waals surface area (Å²) in [4.78, 5) is 24.5. The van der Waals surface area contributed by atoms with E-state index in [0.29, 0.717) is 34.9 Å². The van der Waals surface area contributed by atoms with E-state index in [4.69, 9.17) is 30.5 Å². The summed E-state index contributed by atoms with van der Waals surface area (Å²) in [6, 6.07) is 11.0. The fourth-order valence-electron chi connectivity index (χ4n) is 3.75. The van der Waals surface area contributed by atoms with E-state index in [2.05, 4.69) is 4.90 Å². The van der Waals surface area contributed by atoms with Crippen LogP contribution in [0.15, 0.2) is 36.4 Å². The van der Waals surface area contributed by atoms with Crippen molar-refractivity contribution in [2.24, 2.45) is 5.41 Å². The van der Waals surface area contributed by atoms with Crippen LogP contribution in [-0.2, 0) is 19.1 Å². The molecule has 8 heteroatoms. The number of methoxy groups -OCH3 is 2. The Morgan fingerprint density at radius 2 is 1.88 bits per heavy atom. The summed E-state index contributed by atoms with van der Waals surface area (Å²) in [7, 11) is 5.06. The van der Waals surface area contributed by atoms with E-state index in [0.717, 1.165) is 11.3 Å². The third-order valence-electron chi connectivity index (χ3n) is 5.06. The molecule has 0 saturated carbocycles. The molecule has 2 aromatic rings. The number of benzene rings is 2. The maximum absolute atomic E-state index is 11.3. The minimum atomic E-state index is -0.645. The number of hydrogen-bond donors (Lipinski definition) is 0. The first-order chi connectivity index (χ1) is 15.6. The molecule has 0 aliphatic rings. The third kappa shape index (κ3) is 7.11. The Morgan fingerprint density at radius 1 is 1.15 bits per heavy atom. The third-order valence-corrected chi connectivity index (χ3v) is 5.30. The minimum absolute atomic E-state index is 0.112. The molecular formula is C25H32ClNO6. The van der Waals surface area contributed by atoms with Gasteiger partial charge in [-0.2, -0.15) is 0 Å². The fraction of sp³-hybridized carbons (Fsp3) is 0.440. The van der Waals surface area contributed by atoms with E-state index in [9.17, 15) is 9.59 Å². The van der Waals surface area contributed by atoms with Gasteiger partial charge in [0.2, 0.25) is 0 Å². The van der Waals surface area contributed by atoms with E-state index < -0.39 is 6.10 Å². The van der Waals surface area contributed by atoms with Crippen molar-refractivity contribution in [3.8, 4) is 11.5 Å². The zero-order valence-corrected chi connectivity index (χ0v) is 20.8. The van der Waals surface area contributed by atoms with Crippen LogP contribution in [0.5, 0.6) is 11.5 Å². The van der Waals surface area contributed by atoms with E-state index >= 15 is 0 Å². The number of carbonyl (C=O) groups excluding carboxylic acids is 2. The van der Waals surface area contributed by atoms with Crippen LogP contribution in [0.25, 0.3) is 0 Å². The number of nitrogens with zero attached hydrogens (tertiary/aromatic N) is 1. The Kier molecular flexibility index (Phi) is 9.56. The summed E-state index contributed by atoms with van der Waals surface area (Å²) in [6.07, 6.45) is 0.0588.